The molecule has 1 aliphatic rings. The second-order valence-electron chi connectivity index (χ2n) is 3.40. The van der Waals surface area contributed by atoms with Crippen molar-refractivity contribution in [2.45, 2.75) is 13.8 Å². The zero-order valence-electron chi connectivity index (χ0n) is 7.13. The van der Waals surface area contributed by atoms with Crippen LogP contribution < -0.4 is 0 Å². The lowest BCUT2D eigenvalue weighted by atomic mass is 9.91. The molecule has 0 spiro atoms. The van der Waals surface area contributed by atoms with Gasteiger partial charge in [-0.05, 0) is 18.2 Å². The third-order valence-electron chi connectivity index (χ3n) is 1.59. The quantitative estimate of drug-likeness (QED) is 0.538. The van der Waals surface area contributed by atoms with Gasteiger partial charge < -0.3 is 0 Å². The summed E-state index contributed by atoms with van der Waals surface area (Å²) < 4.78 is 12.9. The second kappa shape index (κ2) is 2.94. The van der Waals surface area contributed by atoms with E-state index in [0.29, 0.717) is 5.57 Å². The van der Waals surface area contributed by atoms with E-state index >= 15 is 0 Å². The van der Waals surface area contributed by atoms with Crippen molar-refractivity contribution < 1.29 is 4.39 Å². The predicted octanol–water partition coefficient (Wildman–Crippen LogP) is 2.89. The van der Waals surface area contributed by atoms with Gasteiger partial charge in [0, 0.05) is 11.0 Å². The molecule has 0 bridgehead atoms. The van der Waals surface area contributed by atoms with E-state index in [0.717, 1.165) is 0 Å². The molecule has 0 aromatic rings. The predicted molar refractivity (Wildman–Crippen MR) is 45.8 cm³/mol. The van der Waals surface area contributed by atoms with Gasteiger partial charge in [-0.1, -0.05) is 19.9 Å². The lowest BCUT2D eigenvalue weighted by Crippen LogP contribution is -2.02. The van der Waals surface area contributed by atoms with Gasteiger partial charge in [-0.2, -0.15) is 5.26 Å². The van der Waals surface area contributed by atoms with Crippen molar-refractivity contribution in [3.63, 3.8) is 0 Å². The molecule has 0 radical (unpaired) electrons. The maximum absolute atomic E-state index is 12.9. The van der Waals surface area contributed by atoms with Crippen molar-refractivity contribution in [2.75, 3.05) is 0 Å². The maximum atomic E-state index is 12.9. The van der Waals surface area contributed by atoms with E-state index in [1.54, 1.807) is 6.08 Å². The molecule has 0 N–H and O–H groups in total. The average Bonchev–Trinajstić information content (AvgIpc) is 2.07. The third-order valence-corrected chi connectivity index (χ3v) is 1.59. The molecule has 1 rings (SSSR count). The van der Waals surface area contributed by atoms with Crippen LogP contribution in [0.2, 0.25) is 0 Å². The minimum absolute atomic E-state index is 0.290. The van der Waals surface area contributed by atoms with E-state index in [4.69, 9.17) is 5.26 Å². The van der Waals surface area contributed by atoms with Crippen LogP contribution in [0.1, 0.15) is 13.8 Å². The number of nitrogens with zero attached hydrogens (tertiary/aromatic N) is 1. The number of rotatable bonds is 0. The molecular formula is C10H10FN. The summed E-state index contributed by atoms with van der Waals surface area (Å²) in [5.74, 6) is -0.290. The van der Waals surface area contributed by atoms with Gasteiger partial charge in [0.25, 0.3) is 0 Å². The van der Waals surface area contributed by atoms with Gasteiger partial charge in [0.05, 0.1) is 6.07 Å². The molecule has 0 aliphatic heterocycles. The van der Waals surface area contributed by atoms with Gasteiger partial charge in [0.1, 0.15) is 5.83 Å². The number of hydrogen-bond donors (Lipinski definition) is 0. The highest BCUT2D eigenvalue weighted by Crippen LogP contribution is 2.26. The van der Waals surface area contributed by atoms with E-state index in [2.05, 4.69) is 0 Å². The van der Waals surface area contributed by atoms with Crippen molar-refractivity contribution in [1.82, 2.24) is 0 Å². The summed E-state index contributed by atoms with van der Waals surface area (Å²) in [6.07, 6.45) is 6.04. The summed E-state index contributed by atoms with van der Waals surface area (Å²) in [5, 5.41) is 8.62. The van der Waals surface area contributed by atoms with Gasteiger partial charge >= 0.3 is 0 Å². The summed E-state index contributed by atoms with van der Waals surface area (Å²) in [6, 6.07) is 1.99. The first kappa shape index (κ1) is 8.73. The van der Waals surface area contributed by atoms with Crippen LogP contribution >= 0.6 is 0 Å². The summed E-state index contributed by atoms with van der Waals surface area (Å²) in [5.41, 5.74) is 0.127. The fraction of sp³-hybridized carbons (Fsp3) is 0.300. The van der Waals surface area contributed by atoms with Crippen LogP contribution in [-0.4, -0.2) is 0 Å². The Hall–Kier alpha value is -1.36. The molecule has 1 aliphatic carbocycles. The van der Waals surface area contributed by atoms with E-state index in [-0.39, 0.29) is 11.2 Å². The molecule has 2 heteroatoms. The summed E-state index contributed by atoms with van der Waals surface area (Å²) in [6.45, 7) is 3.72. The van der Waals surface area contributed by atoms with Crippen LogP contribution in [0.25, 0.3) is 0 Å². The molecular weight excluding hydrogens is 153 g/mol. The van der Waals surface area contributed by atoms with Crippen LogP contribution in [0.15, 0.2) is 35.7 Å². The molecule has 62 valence electrons. The SMILES string of the molecule is CC1(C)C=C(F)C=CC(C#N)=C1. The number of allylic oxidation sites excluding steroid dienone is 6. The van der Waals surface area contributed by atoms with Crippen LogP contribution in [-0.2, 0) is 0 Å². The van der Waals surface area contributed by atoms with Gasteiger partial charge in [0.15, 0.2) is 0 Å². The van der Waals surface area contributed by atoms with Crippen molar-refractivity contribution >= 4 is 0 Å². The molecule has 0 saturated carbocycles. The fourth-order valence-corrected chi connectivity index (χ4v) is 1.13. The number of halogens is 1. The van der Waals surface area contributed by atoms with Crippen molar-refractivity contribution in [3.05, 3.63) is 35.7 Å². The Balaban J connectivity index is 3.11. The van der Waals surface area contributed by atoms with Gasteiger partial charge in [-0.15, -0.1) is 0 Å². The van der Waals surface area contributed by atoms with Crippen LogP contribution in [0.4, 0.5) is 4.39 Å². The Morgan fingerprint density at radius 1 is 1.33 bits per heavy atom. The molecule has 0 aromatic carbocycles. The zero-order valence-corrected chi connectivity index (χ0v) is 7.13. The molecule has 0 atom stereocenters. The molecule has 0 saturated heterocycles. The normalized spacial score (nSPS) is 20.5. The topological polar surface area (TPSA) is 23.8 Å². The van der Waals surface area contributed by atoms with Crippen LogP contribution in [0.5, 0.6) is 0 Å². The highest BCUT2D eigenvalue weighted by molar-refractivity contribution is 5.40. The first-order valence-corrected chi connectivity index (χ1v) is 3.73. The van der Waals surface area contributed by atoms with E-state index in [1.165, 1.54) is 18.2 Å². The molecule has 0 unspecified atom stereocenters. The highest BCUT2D eigenvalue weighted by Gasteiger charge is 2.15. The van der Waals surface area contributed by atoms with Gasteiger partial charge in [-0.3, -0.25) is 0 Å². The summed E-state index contributed by atoms with van der Waals surface area (Å²) >= 11 is 0. The molecule has 0 aromatic heterocycles. The second-order valence-corrected chi connectivity index (χ2v) is 3.40. The van der Waals surface area contributed by atoms with Crippen LogP contribution in [0, 0.1) is 16.7 Å². The van der Waals surface area contributed by atoms with Crippen LogP contribution in [0.3, 0.4) is 0 Å². The van der Waals surface area contributed by atoms with Crippen molar-refractivity contribution in [2.24, 2.45) is 5.41 Å². The highest BCUT2D eigenvalue weighted by atomic mass is 19.1. The fourth-order valence-electron chi connectivity index (χ4n) is 1.13. The third kappa shape index (κ3) is 2.06. The lowest BCUT2D eigenvalue weighted by Gasteiger charge is -2.13. The average molecular weight is 163 g/mol. The summed E-state index contributed by atoms with van der Waals surface area (Å²) in [7, 11) is 0. The zero-order chi connectivity index (χ0) is 9.19. The Labute approximate surface area is 71.5 Å². The maximum Gasteiger partial charge on any atom is 0.120 e. The Bertz CT molecular complexity index is 313. The monoisotopic (exact) mass is 163 g/mol. The molecule has 1 nitrogen and oxygen atoms in total. The smallest absolute Gasteiger partial charge is 0.120 e. The minimum Gasteiger partial charge on any atom is -0.207 e. The Kier molecular flexibility index (Phi) is 2.14. The molecule has 12 heavy (non-hydrogen) atoms. The van der Waals surface area contributed by atoms with E-state index < -0.39 is 0 Å². The number of hydrogen-bond acceptors (Lipinski definition) is 1. The molecule has 0 amide bonds. The standard InChI is InChI=1S/C10H10FN/c1-10(2)5-8(7-12)3-4-9(11)6-10/h3-6H,1-2H3. The Morgan fingerprint density at radius 2 is 2.00 bits per heavy atom. The first-order chi connectivity index (χ1) is 5.53. The Morgan fingerprint density at radius 3 is 2.58 bits per heavy atom. The molecule has 0 fully saturated rings. The summed E-state index contributed by atoms with van der Waals surface area (Å²) in [4.78, 5) is 0. The minimum atomic E-state index is -0.376. The van der Waals surface area contributed by atoms with Gasteiger partial charge in [0.2, 0.25) is 0 Å². The largest absolute Gasteiger partial charge is 0.207 e. The lowest BCUT2D eigenvalue weighted by molar-refractivity contribution is 0.580. The molecule has 0 heterocycles. The van der Waals surface area contributed by atoms with Gasteiger partial charge in [-0.25, -0.2) is 4.39 Å². The van der Waals surface area contributed by atoms with E-state index in [9.17, 15) is 4.39 Å². The van der Waals surface area contributed by atoms with Crippen molar-refractivity contribution in [3.8, 4) is 6.07 Å². The first-order valence-electron chi connectivity index (χ1n) is 3.73. The number of nitriles is 1. The van der Waals surface area contributed by atoms with Crippen molar-refractivity contribution in [1.29, 1.82) is 5.26 Å². The van der Waals surface area contributed by atoms with E-state index in [1.807, 2.05) is 19.9 Å².